The summed E-state index contributed by atoms with van der Waals surface area (Å²) in [6, 6.07) is 6.61. The fourth-order valence-corrected chi connectivity index (χ4v) is 1.90. The first-order valence-electron chi connectivity index (χ1n) is 4.88. The van der Waals surface area contributed by atoms with Gasteiger partial charge in [-0.3, -0.25) is 4.99 Å². The number of hydrogen-bond acceptors (Lipinski definition) is 1. The predicted octanol–water partition coefficient (Wildman–Crippen LogP) is 3.13. The van der Waals surface area contributed by atoms with E-state index in [1.54, 1.807) is 0 Å². The van der Waals surface area contributed by atoms with Crippen molar-refractivity contribution in [3.05, 3.63) is 34.9 Å². The SMILES string of the molecule is Cc1ccc(C2=NCCC2)c(C)c1.[HH]. The molecule has 0 atom stereocenters. The number of nitrogens with zero attached hydrogens (tertiary/aromatic N) is 1. The van der Waals surface area contributed by atoms with E-state index in [9.17, 15) is 0 Å². The number of aryl methyl sites for hydroxylation is 2. The minimum Gasteiger partial charge on any atom is -0.289 e. The summed E-state index contributed by atoms with van der Waals surface area (Å²) in [7, 11) is 0. The van der Waals surface area contributed by atoms with Gasteiger partial charge in [-0.05, 0) is 37.8 Å². The van der Waals surface area contributed by atoms with Gasteiger partial charge in [0.15, 0.2) is 0 Å². The van der Waals surface area contributed by atoms with Crippen LogP contribution in [-0.4, -0.2) is 12.3 Å². The van der Waals surface area contributed by atoms with Crippen LogP contribution in [0.3, 0.4) is 0 Å². The first-order chi connectivity index (χ1) is 6.27. The lowest BCUT2D eigenvalue weighted by Crippen LogP contribution is -1.99. The number of rotatable bonds is 1. The summed E-state index contributed by atoms with van der Waals surface area (Å²) >= 11 is 0. The van der Waals surface area contributed by atoms with Crippen molar-refractivity contribution in [1.29, 1.82) is 0 Å². The molecule has 0 fully saturated rings. The Kier molecular flexibility index (Phi) is 2.17. The minimum absolute atomic E-state index is 0. The molecule has 1 heterocycles. The molecule has 70 valence electrons. The number of aliphatic imine (C=N–C) groups is 1. The maximum absolute atomic E-state index is 4.51. The summed E-state index contributed by atoms with van der Waals surface area (Å²) in [6.45, 7) is 5.32. The zero-order valence-electron chi connectivity index (χ0n) is 8.30. The Morgan fingerprint density at radius 1 is 1.31 bits per heavy atom. The molecule has 0 saturated heterocycles. The monoisotopic (exact) mass is 175 g/mol. The third kappa shape index (κ3) is 1.64. The van der Waals surface area contributed by atoms with Crippen molar-refractivity contribution in [3.63, 3.8) is 0 Å². The molecular weight excluding hydrogens is 158 g/mol. The molecule has 1 heteroatoms. The van der Waals surface area contributed by atoms with Gasteiger partial charge in [0.05, 0.1) is 0 Å². The molecular formula is C12H17N. The highest BCUT2D eigenvalue weighted by atomic mass is 14.8. The van der Waals surface area contributed by atoms with Gasteiger partial charge in [-0.1, -0.05) is 23.8 Å². The molecule has 0 bridgehead atoms. The summed E-state index contributed by atoms with van der Waals surface area (Å²) in [5.74, 6) is 0. The lowest BCUT2D eigenvalue weighted by molar-refractivity contribution is 0.951. The predicted molar refractivity (Wildman–Crippen MR) is 58.7 cm³/mol. The van der Waals surface area contributed by atoms with Gasteiger partial charge in [0.2, 0.25) is 0 Å². The lowest BCUT2D eigenvalue weighted by atomic mass is 10.0. The van der Waals surface area contributed by atoms with E-state index in [4.69, 9.17) is 0 Å². The molecule has 0 N–H and O–H groups in total. The molecule has 2 rings (SSSR count). The topological polar surface area (TPSA) is 12.4 Å². The molecule has 13 heavy (non-hydrogen) atoms. The van der Waals surface area contributed by atoms with Crippen molar-refractivity contribution in [2.45, 2.75) is 26.7 Å². The van der Waals surface area contributed by atoms with Crippen LogP contribution in [0.15, 0.2) is 23.2 Å². The molecule has 0 unspecified atom stereocenters. The summed E-state index contributed by atoms with van der Waals surface area (Å²) in [4.78, 5) is 4.51. The fraction of sp³-hybridized carbons (Fsp3) is 0.417. The van der Waals surface area contributed by atoms with Gasteiger partial charge >= 0.3 is 0 Å². The second-order valence-corrected chi connectivity index (χ2v) is 3.75. The van der Waals surface area contributed by atoms with Crippen molar-refractivity contribution in [2.24, 2.45) is 4.99 Å². The lowest BCUT2D eigenvalue weighted by Gasteiger charge is -2.05. The van der Waals surface area contributed by atoms with E-state index in [1.807, 2.05) is 0 Å². The summed E-state index contributed by atoms with van der Waals surface area (Å²) in [5.41, 5.74) is 5.35. The van der Waals surface area contributed by atoms with E-state index >= 15 is 0 Å². The van der Waals surface area contributed by atoms with Crippen molar-refractivity contribution >= 4 is 5.71 Å². The molecule has 0 aliphatic carbocycles. The third-order valence-electron chi connectivity index (χ3n) is 2.57. The largest absolute Gasteiger partial charge is 0.289 e. The highest BCUT2D eigenvalue weighted by Crippen LogP contribution is 2.17. The van der Waals surface area contributed by atoms with Gasteiger partial charge in [0, 0.05) is 13.7 Å². The van der Waals surface area contributed by atoms with Crippen LogP contribution in [0.2, 0.25) is 0 Å². The molecule has 0 radical (unpaired) electrons. The molecule has 1 aromatic rings. The van der Waals surface area contributed by atoms with E-state index < -0.39 is 0 Å². The zero-order chi connectivity index (χ0) is 9.26. The Bertz CT molecular complexity index is 355. The first-order valence-corrected chi connectivity index (χ1v) is 4.88. The third-order valence-corrected chi connectivity index (χ3v) is 2.57. The Balaban J connectivity index is 0.000000980. The van der Waals surface area contributed by atoms with E-state index in [0.29, 0.717) is 0 Å². The quantitative estimate of drug-likeness (QED) is 0.622. The molecule has 0 amide bonds. The van der Waals surface area contributed by atoms with Gasteiger partial charge in [-0.2, -0.15) is 0 Å². The summed E-state index contributed by atoms with van der Waals surface area (Å²) in [6.07, 6.45) is 2.38. The maximum atomic E-state index is 4.51. The van der Waals surface area contributed by atoms with E-state index in [1.165, 1.54) is 28.8 Å². The van der Waals surface area contributed by atoms with Crippen molar-refractivity contribution in [2.75, 3.05) is 6.54 Å². The van der Waals surface area contributed by atoms with Gasteiger partial charge in [-0.25, -0.2) is 0 Å². The van der Waals surface area contributed by atoms with Gasteiger partial charge in [0.25, 0.3) is 0 Å². The average molecular weight is 175 g/mol. The van der Waals surface area contributed by atoms with Crippen LogP contribution < -0.4 is 0 Å². The van der Waals surface area contributed by atoms with E-state index in [2.05, 4.69) is 37.0 Å². The van der Waals surface area contributed by atoms with Crippen LogP contribution in [0.5, 0.6) is 0 Å². The van der Waals surface area contributed by atoms with Crippen LogP contribution >= 0.6 is 0 Å². The van der Waals surface area contributed by atoms with Crippen molar-refractivity contribution in [1.82, 2.24) is 0 Å². The Morgan fingerprint density at radius 2 is 2.15 bits per heavy atom. The average Bonchev–Trinajstić information content (AvgIpc) is 2.56. The highest BCUT2D eigenvalue weighted by Gasteiger charge is 2.10. The Labute approximate surface area is 81.0 Å². The van der Waals surface area contributed by atoms with Crippen LogP contribution in [0.1, 0.15) is 31.0 Å². The normalized spacial score (nSPS) is 16.0. The molecule has 0 saturated carbocycles. The maximum Gasteiger partial charge on any atom is 0.0423 e. The van der Waals surface area contributed by atoms with Crippen LogP contribution in [0, 0.1) is 13.8 Å². The fourth-order valence-electron chi connectivity index (χ4n) is 1.90. The second-order valence-electron chi connectivity index (χ2n) is 3.75. The van der Waals surface area contributed by atoms with Crippen LogP contribution in [-0.2, 0) is 0 Å². The Morgan fingerprint density at radius 3 is 2.77 bits per heavy atom. The zero-order valence-corrected chi connectivity index (χ0v) is 8.30. The van der Waals surface area contributed by atoms with Crippen LogP contribution in [0.25, 0.3) is 0 Å². The molecule has 1 aromatic carbocycles. The standard InChI is InChI=1S/C12H15N.H2/c1-9-5-6-11(10(2)8-9)12-4-3-7-13-12;/h5-6,8H,3-4,7H2,1-2H3;1H. The van der Waals surface area contributed by atoms with Gasteiger partial charge in [-0.15, -0.1) is 0 Å². The minimum atomic E-state index is 0. The van der Waals surface area contributed by atoms with Gasteiger partial charge < -0.3 is 0 Å². The molecule has 1 aliphatic heterocycles. The summed E-state index contributed by atoms with van der Waals surface area (Å²) in [5, 5.41) is 0. The number of hydrogen-bond donors (Lipinski definition) is 0. The van der Waals surface area contributed by atoms with E-state index in [0.717, 1.165) is 13.0 Å². The smallest absolute Gasteiger partial charge is 0.0423 e. The first kappa shape index (κ1) is 8.49. The molecule has 0 spiro atoms. The molecule has 1 nitrogen and oxygen atoms in total. The highest BCUT2D eigenvalue weighted by molar-refractivity contribution is 6.02. The molecule has 1 aliphatic rings. The summed E-state index contributed by atoms with van der Waals surface area (Å²) < 4.78 is 0. The van der Waals surface area contributed by atoms with Crippen molar-refractivity contribution < 1.29 is 1.43 Å². The number of benzene rings is 1. The Hall–Kier alpha value is -1.11. The van der Waals surface area contributed by atoms with E-state index in [-0.39, 0.29) is 1.43 Å². The van der Waals surface area contributed by atoms with Gasteiger partial charge in [0.1, 0.15) is 0 Å². The van der Waals surface area contributed by atoms with Crippen molar-refractivity contribution in [3.8, 4) is 0 Å². The van der Waals surface area contributed by atoms with Crippen LogP contribution in [0.4, 0.5) is 0 Å². The second kappa shape index (κ2) is 3.33. The molecule has 0 aromatic heterocycles.